The summed E-state index contributed by atoms with van der Waals surface area (Å²) in [6.07, 6.45) is 5.25. The van der Waals surface area contributed by atoms with E-state index in [1.165, 1.54) is 0 Å². The van der Waals surface area contributed by atoms with Crippen LogP contribution in [-0.2, 0) is 7.05 Å². The van der Waals surface area contributed by atoms with Crippen LogP contribution in [0.1, 0.15) is 11.9 Å². The number of aryl methyl sites for hydroxylation is 1. The number of aromatic nitrogens is 2. The zero-order valence-corrected chi connectivity index (χ0v) is 5.99. The molecule has 0 aliphatic heterocycles. The van der Waals surface area contributed by atoms with Crippen molar-refractivity contribution in [3.63, 3.8) is 0 Å². The second kappa shape index (κ2) is 2.66. The van der Waals surface area contributed by atoms with Gasteiger partial charge in [-0.15, -0.1) is 6.58 Å². The molecule has 0 aliphatic rings. The van der Waals surface area contributed by atoms with Gasteiger partial charge in [0, 0.05) is 19.4 Å². The Morgan fingerprint density at radius 2 is 2.60 bits per heavy atom. The minimum Gasteiger partial charge on any atom is -0.336 e. The Labute approximate surface area is 60.2 Å². The smallest absolute Gasteiger partial charge is 0.129 e. The van der Waals surface area contributed by atoms with Crippen molar-refractivity contribution in [3.8, 4) is 0 Å². The van der Waals surface area contributed by atoms with E-state index in [9.17, 15) is 0 Å². The van der Waals surface area contributed by atoms with Crippen molar-refractivity contribution in [2.75, 3.05) is 0 Å². The molecule has 1 atom stereocenters. The van der Waals surface area contributed by atoms with E-state index in [2.05, 4.69) is 11.6 Å². The number of hydrogen-bond acceptors (Lipinski definition) is 2. The molecule has 0 bridgehead atoms. The zero-order chi connectivity index (χ0) is 7.56. The van der Waals surface area contributed by atoms with Gasteiger partial charge < -0.3 is 10.3 Å². The standard InChI is InChI=1S/C7H11N3/c1-3-6(8)7-9-4-5-10(7)2/h3-6H,1,8H2,2H3. The first-order valence-electron chi connectivity index (χ1n) is 3.11. The van der Waals surface area contributed by atoms with Crippen molar-refractivity contribution < 1.29 is 0 Å². The lowest BCUT2D eigenvalue weighted by Gasteiger charge is -2.04. The van der Waals surface area contributed by atoms with E-state index < -0.39 is 0 Å². The second-order valence-electron chi connectivity index (χ2n) is 2.16. The highest BCUT2D eigenvalue weighted by atomic mass is 15.1. The molecule has 1 rings (SSSR count). The third kappa shape index (κ3) is 1.09. The summed E-state index contributed by atoms with van der Waals surface area (Å²) < 4.78 is 1.88. The molecule has 1 aromatic rings. The Morgan fingerprint density at radius 1 is 1.90 bits per heavy atom. The Balaban J connectivity index is 2.92. The lowest BCUT2D eigenvalue weighted by Crippen LogP contribution is -2.11. The molecule has 3 heteroatoms. The van der Waals surface area contributed by atoms with Crippen molar-refractivity contribution in [2.45, 2.75) is 6.04 Å². The van der Waals surface area contributed by atoms with Crippen LogP contribution in [0.3, 0.4) is 0 Å². The van der Waals surface area contributed by atoms with Crippen LogP contribution in [-0.4, -0.2) is 9.55 Å². The molecular formula is C7H11N3. The van der Waals surface area contributed by atoms with Gasteiger partial charge in [0.25, 0.3) is 0 Å². The van der Waals surface area contributed by atoms with E-state index in [-0.39, 0.29) is 6.04 Å². The molecule has 0 aliphatic carbocycles. The van der Waals surface area contributed by atoms with E-state index in [1.54, 1.807) is 12.3 Å². The zero-order valence-electron chi connectivity index (χ0n) is 5.99. The van der Waals surface area contributed by atoms with Crippen molar-refractivity contribution in [1.29, 1.82) is 0 Å². The van der Waals surface area contributed by atoms with Gasteiger partial charge in [0.2, 0.25) is 0 Å². The number of nitrogens with zero attached hydrogens (tertiary/aromatic N) is 2. The van der Waals surface area contributed by atoms with Crippen LogP contribution in [0.25, 0.3) is 0 Å². The van der Waals surface area contributed by atoms with Gasteiger partial charge in [0.05, 0.1) is 6.04 Å². The van der Waals surface area contributed by atoms with Gasteiger partial charge in [0.15, 0.2) is 0 Å². The topological polar surface area (TPSA) is 43.8 Å². The normalized spacial score (nSPS) is 13.0. The molecule has 0 amide bonds. The summed E-state index contributed by atoms with van der Waals surface area (Å²) in [5.74, 6) is 0.843. The summed E-state index contributed by atoms with van der Waals surface area (Å²) >= 11 is 0. The van der Waals surface area contributed by atoms with Crippen LogP contribution in [0, 0.1) is 0 Å². The third-order valence-corrected chi connectivity index (χ3v) is 1.41. The molecule has 3 nitrogen and oxygen atoms in total. The summed E-state index contributed by atoms with van der Waals surface area (Å²) in [6.45, 7) is 3.58. The highest BCUT2D eigenvalue weighted by Gasteiger charge is 2.04. The molecule has 0 saturated carbocycles. The summed E-state index contributed by atoms with van der Waals surface area (Å²) in [5, 5.41) is 0. The molecule has 1 aromatic heterocycles. The molecule has 1 unspecified atom stereocenters. The molecule has 54 valence electrons. The molecule has 0 fully saturated rings. The number of hydrogen-bond donors (Lipinski definition) is 1. The monoisotopic (exact) mass is 137 g/mol. The number of nitrogens with two attached hydrogens (primary N) is 1. The summed E-state index contributed by atoms with van der Waals surface area (Å²) in [7, 11) is 1.91. The van der Waals surface area contributed by atoms with Gasteiger partial charge >= 0.3 is 0 Å². The van der Waals surface area contributed by atoms with Crippen molar-refractivity contribution in [3.05, 3.63) is 30.9 Å². The molecular weight excluding hydrogens is 126 g/mol. The van der Waals surface area contributed by atoms with Crippen molar-refractivity contribution in [1.82, 2.24) is 9.55 Å². The number of imidazole rings is 1. The minimum absolute atomic E-state index is 0.153. The minimum atomic E-state index is -0.153. The maximum atomic E-state index is 5.64. The Hall–Kier alpha value is -1.09. The predicted molar refractivity (Wildman–Crippen MR) is 40.3 cm³/mol. The van der Waals surface area contributed by atoms with E-state index in [0.29, 0.717) is 0 Å². The molecule has 2 N–H and O–H groups in total. The maximum absolute atomic E-state index is 5.64. The lowest BCUT2D eigenvalue weighted by molar-refractivity contribution is 0.735. The first-order chi connectivity index (χ1) is 4.75. The van der Waals surface area contributed by atoms with Crippen molar-refractivity contribution >= 4 is 0 Å². The molecule has 10 heavy (non-hydrogen) atoms. The summed E-state index contributed by atoms with van der Waals surface area (Å²) in [4.78, 5) is 4.05. The predicted octanol–water partition coefficient (Wildman–Crippen LogP) is 0.606. The Morgan fingerprint density at radius 3 is 3.00 bits per heavy atom. The fourth-order valence-electron chi connectivity index (χ4n) is 0.804. The van der Waals surface area contributed by atoms with Gasteiger partial charge in [0.1, 0.15) is 5.82 Å². The molecule has 0 aromatic carbocycles. The summed E-state index contributed by atoms with van der Waals surface area (Å²) in [5.41, 5.74) is 5.64. The average molecular weight is 137 g/mol. The highest BCUT2D eigenvalue weighted by molar-refractivity contribution is 5.04. The Kier molecular flexibility index (Phi) is 1.87. The van der Waals surface area contributed by atoms with Gasteiger partial charge in [-0.25, -0.2) is 4.98 Å². The van der Waals surface area contributed by atoms with Crippen LogP contribution in [0.5, 0.6) is 0 Å². The van der Waals surface area contributed by atoms with E-state index >= 15 is 0 Å². The second-order valence-corrected chi connectivity index (χ2v) is 2.16. The van der Waals surface area contributed by atoms with Crippen LogP contribution >= 0.6 is 0 Å². The SMILES string of the molecule is C=CC(N)c1nccn1C. The Bertz CT molecular complexity index is 227. The maximum Gasteiger partial charge on any atom is 0.129 e. The number of rotatable bonds is 2. The van der Waals surface area contributed by atoms with Crippen LogP contribution in [0.4, 0.5) is 0 Å². The van der Waals surface area contributed by atoms with Crippen LogP contribution in [0.15, 0.2) is 25.0 Å². The molecule has 0 spiro atoms. The third-order valence-electron chi connectivity index (χ3n) is 1.41. The quantitative estimate of drug-likeness (QED) is 0.607. The van der Waals surface area contributed by atoms with Gasteiger partial charge in [-0.3, -0.25) is 0 Å². The van der Waals surface area contributed by atoms with Gasteiger partial charge in [-0.05, 0) is 0 Å². The van der Waals surface area contributed by atoms with E-state index in [1.807, 2.05) is 17.8 Å². The molecule has 1 heterocycles. The fraction of sp³-hybridized carbons (Fsp3) is 0.286. The van der Waals surface area contributed by atoms with Crippen LogP contribution < -0.4 is 5.73 Å². The summed E-state index contributed by atoms with van der Waals surface area (Å²) in [6, 6.07) is -0.153. The first-order valence-corrected chi connectivity index (χ1v) is 3.11. The van der Waals surface area contributed by atoms with E-state index in [0.717, 1.165) is 5.82 Å². The largest absolute Gasteiger partial charge is 0.336 e. The molecule has 0 radical (unpaired) electrons. The van der Waals surface area contributed by atoms with Gasteiger partial charge in [-0.2, -0.15) is 0 Å². The first kappa shape index (κ1) is 7.02. The van der Waals surface area contributed by atoms with Crippen LogP contribution in [0.2, 0.25) is 0 Å². The highest BCUT2D eigenvalue weighted by Crippen LogP contribution is 2.05. The fourth-order valence-corrected chi connectivity index (χ4v) is 0.804. The molecule has 0 saturated heterocycles. The van der Waals surface area contributed by atoms with Crippen molar-refractivity contribution in [2.24, 2.45) is 12.8 Å². The lowest BCUT2D eigenvalue weighted by atomic mass is 10.3. The van der Waals surface area contributed by atoms with Gasteiger partial charge in [-0.1, -0.05) is 6.08 Å². The van der Waals surface area contributed by atoms with E-state index in [4.69, 9.17) is 5.73 Å². The average Bonchev–Trinajstić information content (AvgIpc) is 2.34.